The molecule has 1 aromatic carbocycles. The molecule has 0 amide bonds. The molecule has 3 aromatic rings. The fourth-order valence-electron chi connectivity index (χ4n) is 2.18. The van der Waals surface area contributed by atoms with Crippen LogP contribution in [0.3, 0.4) is 0 Å². The normalized spacial score (nSPS) is 12.4. The highest BCUT2D eigenvalue weighted by Crippen LogP contribution is 2.22. The fraction of sp³-hybridized carbons (Fsp3) is 0.214. The van der Waals surface area contributed by atoms with Gasteiger partial charge in [0.1, 0.15) is 0 Å². The molecule has 0 aliphatic rings. The third-order valence-electron chi connectivity index (χ3n) is 3.05. The van der Waals surface area contributed by atoms with Gasteiger partial charge < -0.3 is 5.32 Å². The van der Waals surface area contributed by atoms with E-state index in [0.717, 1.165) is 23.6 Å². The van der Waals surface area contributed by atoms with Crippen molar-refractivity contribution in [2.24, 2.45) is 0 Å². The van der Waals surface area contributed by atoms with Crippen LogP contribution in [0.4, 0.5) is 0 Å². The Hall–Kier alpha value is -2.05. The van der Waals surface area contributed by atoms with E-state index in [1.54, 1.807) is 6.20 Å². The number of hydrogen-bond acceptors (Lipinski definition) is 5. The van der Waals surface area contributed by atoms with Gasteiger partial charge in [-0.2, -0.15) is 13.8 Å². The lowest BCUT2D eigenvalue weighted by atomic mass is 10.1. The van der Waals surface area contributed by atoms with Crippen molar-refractivity contribution in [1.29, 1.82) is 0 Å². The largest absolute Gasteiger partial charge is 0.304 e. The minimum absolute atomic E-state index is 0.00135. The highest BCUT2D eigenvalue weighted by Gasteiger charge is 2.20. The number of aromatic nitrogens is 4. The van der Waals surface area contributed by atoms with Gasteiger partial charge >= 0.3 is 0 Å². The molecule has 0 spiro atoms. The van der Waals surface area contributed by atoms with Crippen molar-refractivity contribution in [2.45, 2.75) is 13.0 Å². The van der Waals surface area contributed by atoms with E-state index < -0.39 is 0 Å². The zero-order valence-electron chi connectivity index (χ0n) is 11.1. The van der Waals surface area contributed by atoms with Crippen molar-refractivity contribution in [3.05, 3.63) is 60.2 Å². The Balaban J connectivity index is 2.03. The van der Waals surface area contributed by atoms with Gasteiger partial charge in [-0.05, 0) is 24.7 Å². The molecule has 0 bridgehead atoms. The fourth-order valence-corrected chi connectivity index (χ4v) is 2.63. The molecule has 0 radical (unpaired) electrons. The minimum Gasteiger partial charge on any atom is -0.304 e. The molecule has 102 valence electrons. The predicted molar refractivity (Wildman–Crippen MR) is 79.0 cm³/mol. The summed E-state index contributed by atoms with van der Waals surface area (Å²) in [7, 11) is 0. The number of nitrogens with zero attached hydrogens (tertiary/aromatic N) is 4. The first-order chi connectivity index (χ1) is 9.90. The molecule has 2 aromatic heterocycles. The van der Waals surface area contributed by atoms with Crippen molar-refractivity contribution in [3.63, 3.8) is 0 Å². The Morgan fingerprint density at radius 2 is 2.10 bits per heavy atom. The standard InChI is InChI=1S/C14H15N5S/c1-2-15-14(12-10-17-20-18-12)13-8-9-16-19(13)11-6-4-3-5-7-11/h3-10,14-15H,2H2,1H3. The van der Waals surface area contributed by atoms with Crippen LogP contribution in [0.15, 0.2) is 48.8 Å². The number of nitrogens with one attached hydrogen (secondary N) is 1. The summed E-state index contributed by atoms with van der Waals surface area (Å²) in [5.41, 5.74) is 3.03. The van der Waals surface area contributed by atoms with Gasteiger partial charge in [-0.1, -0.05) is 25.1 Å². The molecule has 3 rings (SSSR count). The third kappa shape index (κ3) is 2.48. The first-order valence-electron chi connectivity index (χ1n) is 6.50. The second kappa shape index (κ2) is 5.94. The van der Waals surface area contributed by atoms with Crippen molar-refractivity contribution < 1.29 is 0 Å². The van der Waals surface area contributed by atoms with Gasteiger partial charge in [-0.3, -0.25) is 0 Å². The van der Waals surface area contributed by atoms with E-state index in [2.05, 4.69) is 26.1 Å². The molecule has 1 unspecified atom stereocenters. The average Bonchev–Trinajstić information content (AvgIpc) is 3.17. The van der Waals surface area contributed by atoms with E-state index in [1.807, 2.05) is 47.3 Å². The Morgan fingerprint density at radius 1 is 1.25 bits per heavy atom. The Labute approximate surface area is 121 Å². The lowest BCUT2D eigenvalue weighted by Gasteiger charge is -2.17. The highest BCUT2D eigenvalue weighted by molar-refractivity contribution is 6.99. The first-order valence-corrected chi connectivity index (χ1v) is 7.23. The average molecular weight is 285 g/mol. The number of hydrogen-bond donors (Lipinski definition) is 1. The smallest absolute Gasteiger partial charge is 0.0973 e. The SMILES string of the molecule is CCNC(c1cnsn1)c1ccnn1-c1ccccc1. The maximum atomic E-state index is 4.43. The van der Waals surface area contributed by atoms with Crippen LogP contribution < -0.4 is 5.32 Å². The molecule has 0 fully saturated rings. The second-order valence-corrected chi connectivity index (χ2v) is 4.88. The summed E-state index contributed by atoms with van der Waals surface area (Å²) < 4.78 is 10.4. The summed E-state index contributed by atoms with van der Waals surface area (Å²) in [6.07, 6.45) is 3.62. The summed E-state index contributed by atoms with van der Waals surface area (Å²) in [5.74, 6) is 0. The summed E-state index contributed by atoms with van der Waals surface area (Å²) >= 11 is 1.22. The zero-order valence-corrected chi connectivity index (χ0v) is 11.9. The Kier molecular flexibility index (Phi) is 3.85. The Morgan fingerprint density at radius 3 is 2.80 bits per heavy atom. The molecule has 0 saturated heterocycles. The molecule has 0 aliphatic carbocycles. The van der Waals surface area contributed by atoms with Gasteiger partial charge in [-0.25, -0.2) is 4.68 Å². The second-order valence-electron chi connectivity index (χ2n) is 4.33. The molecule has 6 heteroatoms. The van der Waals surface area contributed by atoms with Gasteiger partial charge in [0, 0.05) is 6.20 Å². The van der Waals surface area contributed by atoms with Crippen LogP contribution in [0.2, 0.25) is 0 Å². The van der Waals surface area contributed by atoms with Gasteiger partial charge in [0.2, 0.25) is 0 Å². The minimum atomic E-state index is 0.00135. The van der Waals surface area contributed by atoms with E-state index in [-0.39, 0.29) is 6.04 Å². The lowest BCUT2D eigenvalue weighted by Crippen LogP contribution is -2.24. The quantitative estimate of drug-likeness (QED) is 0.782. The van der Waals surface area contributed by atoms with Crippen molar-refractivity contribution in [1.82, 2.24) is 23.8 Å². The van der Waals surface area contributed by atoms with Crippen LogP contribution in [0, 0.1) is 0 Å². The Bertz CT molecular complexity index is 647. The van der Waals surface area contributed by atoms with E-state index in [9.17, 15) is 0 Å². The number of rotatable bonds is 5. The summed E-state index contributed by atoms with van der Waals surface area (Å²) in [6.45, 7) is 2.93. The van der Waals surface area contributed by atoms with Crippen LogP contribution >= 0.6 is 11.7 Å². The third-order valence-corrected chi connectivity index (χ3v) is 3.54. The van der Waals surface area contributed by atoms with E-state index in [0.29, 0.717) is 0 Å². The van der Waals surface area contributed by atoms with Crippen molar-refractivity contribution >= 4 is 11.7 Å². The molecule has 20 heavy (non-hydrogen) atoms. The maximum Gasteiger partial charge on any atom is 0.0973 e. The van der Waals surface area contributed by atoms with Gasteiger partial charge in [0.05, 0.1) is 41.0 Å². The lowest BCUT2D eigenvalue weighted by molar-refractivity contribution is 0.584. The molecule has 5 nitrogen and oxygen atoms in total. The van der Waals surface area contributed by atoms with Gasteiger partial charge in [-0.15, -0.1) is 0 Å². The molecular formula is C14H15N5S. The van der Waals surface area contributed by atoms with Crippen LogP contribution in [-0.2, 0) is 0 Å². The van der Waals surface area contributed by atoms with E-state index >= 15 is 0 Å². The molecule has 0 saturated carbocycles. The maximum absolute atomic E-state index is 4.43. The van der Waals surface area contributed by atoms with E-state index in [4.69, 9.17) is 0 Å². The first kappa shape index (κ1) is 13.0. The molecule has 0 aliphatic heterocycles. The molecule has 1 atom stereocenters. The topological polar surface area (TPSA) is 55.6 Å². The zero-order chi connectivity index (χ0) is 13.8. The van der Waals surface area contributed by atoms with Crippen molar-refractivity contribution in [2.75, 3.05) is 6.54 Å². The van der Waals surface area contributed by atoms with Crippen LogP contribution in [-0.4, -0.2) is 25.1 Å². The number of benzene rings is 1. The molecule has 2 heterocycles. The monoisotopic (exact) mass is 285 g/mol. The van der Waals surface area contributed by atoms with Crippen LogP contribution in [0.5, 0.6) is 0 Å². The summed E-state index contributed by atoms with van der Waals surface area (Å²) in [5, 5.41) is 7.87. The molecule has 1 N–H and O–H groups in total. The van der Waals surface area contributed by atoms with Crippen molar-refractivity contribution in [3.8, 4) is 5.69 Å². The van der Waals surface area contributed by atoms with Crippen LogP contribution in [0.1, 0.15) is 24.4 Å². The molecular weight excluding hydrogens is 270 g/mol. The van der Waals surface area contributed by atoms with Gasteiger partial charge in [0.15, 0.2) is 0 Å². The number of para-hydroxylation sites is 1. The van der Waals surface area contributed by atoms with Crippen LogP contribution in [0.25, 0.3) is 5.69 Å². The van der Waals surface area contributed by atoms with Gasteiger partial charge in [0.25, 0.3) is 0 Å². The van der Waals surface area contributed by atoms with E-state index in [1.165, 1.54) is 11.7 Å². The highest BCUT2D eigenvalue weighted by atomic mass is 32.1. The summed E-state index contributed by atoms with van der Waals surface area (Å²) in [6, 6.07) is 12.1. The summed E-state index contributed by atoms with van der Waals surface area (Å²) in [4.78, 5) is 0. The predicted octanol–water partition coefficient (Wildman–Crippen LogP) is 2.42.